The second-order valence-electron chi connectivity index (χ2n) is 4.61. The lowest BCUT2D eigenvalue weighted by Crippen LogP contribution is -2.29. The van der Waals surface area contributed by atoms with Crippen molar-refractivity contribution in [3.8, 4) is 6.01 Å². The van der Waals surface area contributed by atoms with Crippen molar-refractivity contribution >= 4 is 17.8 Å². The molecule has 0 aliphatic carbocycles. The molecule has 2 rings (SSSR count). The zero-order valence-corrected chi connectivity index (χ0v) is 12.1. The fourth-order valence-electron chi connectivity index (χ4n) is 2.10. The van der Waals surface area contributed by atoms with E-state index in [1.165, 1.54) is 0 Å². The summed E-state index contributed by atoms with van der Waals surface area (Å²) < 4.78 is 5.22. The van der Waals surface area contributed by atoms with E-state index in [4.69, 9.17) is 10.6 Å². The molecule has 0 aromatic carbocycles. The third-order valence-corrected chi connectivity index (χ3v) is 3.10. The number of amides is 1. The molecule has 1 aliphatic heterocycles. The number of likely N-dealkylation sites (tertiary alicyclic amines) is 1. The summed E-state index contributed by atoms with van der Waals surface area (Å²) in [5.41, 5.74) is 2.35. The zero-order valence-electron chi connectivity index (χ0n) is 12.1. The van der Waals surface area contributed by atoms with Gasteiger partial charge in [0.05, 0.1) is 6.61 Å². The van der Waals surface area contributed by atoms with Crippen LogP contribution in [0.2, 0.25) is 0 Å². The normalized spacial score (nSPS) is 14.1. The lowest BCUT2D eigenvalue weighted by atomic mass is 10.3. The van der Waals surface area contributed by atoms with Crippen LogP contribution in [0.15, 0.2) is 0 Å². The Hall–Kier alpha value is -2.16. The number of nitrogens with two attached hydrogens (primary N) is 1. The van der Waals surface area contributed by atoms with Gasteiger partial charge in [-0.15, -0.1) is 0 Å². The number of ether oxygens (including phenoxy) is 1. The number of anilines is 2. The third-order valence-electron chi connectivity index (χ3n) is 3.10. The van der Waals surface area contributed by atoms with Gasteiger partial charge in [-0.25, -0.2) is 5.84 Å². The number of hydrogen-bond donors (Lipinski definition) is 3. The van der Waals surface area contributed by atoms with E-state index >= 15 is 0 Å². The average Bonchev–Trinajstić information content (AvgIpc) is 3.01. The largest absolute Gasteiger partial charge is 0.464 e. The monoisotopic (exact) mass is 295 g/mol. The van der Waals surface area contributed by atoms with Crippen LogP contribution in [0.1, 0.15) is 26.2 Å². The van der Waals surface area contributed by atoms with Crippen LogP contribution in [0.25, 0.3) is 0 Å². The number of nitrogens with zero attached hydrogens (tertiary/aromatic N) is 4. The highest BCUT2D eigenvalue weighted by molar-refractivity contribution is 5.76. The Labute approximate surface area is 123 Å². The summed E-state index contributed by atoms with van der Waals surface area (Å²) in [7, 11) is 0. The number of hydrazine groups is 1. The van der Waals surface area contributed by atoms with Crippen molar-refractivity contribution in [2.24, 2.45) is 5.84 Å². The molecule has 21 heavy (non-hydrogen) atoms. The highest BCUT2D eigenvalue weighted by atomic mass is 16.5. The number of carbonyl (C=O) groups excluding carboxylic acids is 1. The van der Waals surface area contributed by atoms with Crippen molar-refractivity contribution in [1.82, 2.24) is 19.9 Å². The molecule has 0 saturated carbocycles. The average molecular weight is 295 g/mol. The molecule has 1 aliphatic rings. The quantitative estimate of drug-likeness (QED) is 0.474. The Bertz CT molecular complexity index is 477. The fraction of sp³-hybridized carbons (Fsp3) is 0.667. The second kappa shape index (κ2) is 7.58. The summed E-state index contributed by atoms with van der Waals surface area (Å²) in [4.78, 5) is 25.9. The summed E-state index contributed by atoms with van der Waals surface area (Å²) in [6, 6.07) is 0.189. The van der Waals surface area contributed by atoms with E-state index in [1.54, 1.807) is 0 Å². The van der Waals surface area contributed by atoms with Gasteiger partial charge in [0.25, 0.3) is 0 Å². The van der Waals surface area contributed by atoms with Gasteiger partial charge in [-0.3, -0.25) is 10.2 Å². The van der Waals surface area contributed by atoms with Crippen LogP contribution in [-0.4, -0.2) is 52.0 Å². The van der Waals surface area contributed by atoms with Gasteiger partial charge in [0.2, 0.25) is 17.8 Å². The highest BCUT2D eigenvalue weighted by Gasteiger charge is 2.17. The van der Waals surface area contributed by atoms with Crippen LogP contribution in [0.3, 0.4) is 0 Å². The predicted octanol–water partition coefficient (Wildman–Crippen LogP) is -0.0197. The van der Waals surface area contributed by atoms with Gasteiger partial charge in [0, 0.05) is 26.1 Å². The van der Waals surface area contributed by atoms with Gasteiger partial charge in [-0.1, -0.05) is 0 Å². The van der Waals surface area contributed by atoms with Crippen molar-refractivity contribution in [3.05, 3.63) is 0 Å². The molecule has 0 unspecified atom stereocenters. The molecule has 0 atom stereocenters. The first-order chi connectivity index (χ1) is 10.2. The Morgan fingerprint density at radius 3 is 2.67 bits per heavy atom. The maximum Gasteiger partial charge on any atom is 0.323 e. The first kappa shape index (κ1) is 15.2. The standard InChI is InChI=1S/C12H21N7O2/c1-2-21-12-16-10(15-11(17-12)18-13)14-6-5-9(20)19-7-3-4-8-19/h2-8,13H2,1H3,(H2,14,15,16,17,18). The van der Waals surface area contributed by atoms with Gasteiger partial charge >= 0.3 is 6.01 Å². The van der Waals surface area contributed by atoms with Crippen LogP contribution in [0.5, 0.6) is 6.01 Å². The number of hydrogen-bond acceptors (Lipinski definition) is 8. The molecule has 1 amide bonds. The van der Waals surface area contributed by atoms with Crippen LogP contribution in [0.4, 0.5) is 11.9 Å². The maximum atomic E-state index is 11.9. The third kappa shape index (κ3) is 4.42. The minimum Gasteiger partial charge on any atom is -0.464 e. The molecule has 1 saturated heterocycles. The van der Waals surface area contributed by atoms with Gasteiger partial charge in [0.15, 0.2) is 0 Å². The van der Waals surface area contributed by atoms with Gasteiger partial charge in [-0.05, 0) is 19.8 Å². The van der Waals surface area contributed by atoms with E-state index < -0.39 is 0 Å². The SMILES string of the molecule is CCOc1nc(NN)nc(NCCC(=O)N2CCCC2)n1. The van der Waals surface area contributed by atoms with Crippen LogP contribution >= 0.6 is 0 Å². The number of nitrogen functional groups attached to an aromatic ring is 1. The molecule has 116 valence electrons. The fourth-order valence-corrected chi connectivity index (χ4v) is 2.10. The summed E-state index contributed by atoms with van der Waals surface area (Å²) in [6.07, 6.45) is 2.59. The van der Waals surface area contributed by atoms with Crippen LogP contribution in [0, 0.1) is 0 Å². The van der Waals surface area contributed by atoms with E-state index in [0.29, 0.717) is 25.5 Å². The predicted molar refractivity (Wildman–Crippen MR) is 77.7 cm³/mol. The molecule has 1 fully saturated rings. The molecule has 0 radical (unpaired) electrons. The molecule has 1 aromatic rings. The van der Waals surface area contributed by atoms with Crippen molar-refractivity contribution in [3.63, 3.8) is 0 Å². The van der Waals surface area contributed by atoms with Crippen LogP contribution in [-0.2, 0) is 4.79 Å². The van der Waals surface area contributed by atoms with Crippen molar-refractivity contribution in [1.29, 1.82) is 0 Å². The molecule has 9 nitrogen and oxygen atoms in total. The van der Waals surface area contributed by atoms with E-state index in [1.807, 2.05) is 11.8 Å². The Morgan fingerprint density at radius 1 is 1.29 bits per heavy atom. The first-order valence-corrected chi connectivity index (χ1v) is 7.10. The van der Waals surface area contributed by atoms with E-state index in [0.717, 1.165) is 25.9 Å². The van der Waals surface area contributed by atoms with E-state index in [-0.39, 0.29) is 17.9 Å². The Morgan fingerprint density at radius 2 is 2.00 bits per heavy atom. The lowest BCUT2D eigenvalue weighted by Gasteiger charge is -2.15. The molecule has 4 N–H and O–H groups in total. The number of aromatic nitrogens is 3. The highest BCUT2D eigenvalue weighted by Crippen LogP contribution is 2.11. The molecular weight excluding hydrogens is 274 g/mol. The summed E-state index contributed by atoms with van der Waals surface area (Å²) in [5, 5.41) is 2.99. The van der Waals surface area contributed by atoms with E-state index in [2.05, 4.69) is 25.7 Å². The van der Waals surface area contributed by atoms with Gasteiger partial charge < -0.3 is 15.0 Å². The molecule has 2 heterocycles. The summed E-state index contributed by atoms with van der Waals surface area (Å²) in [5.74, 6) is 5.99. The van der Waals surface area contributed by atoms with Crippen molar-refractivity contribution < 1.29 is 9.53 Å². The lowest BCUT2D eigenvalue weighted by molar-refractivity contribution is -0.129. The molecule has 9 heteroatoms. The number of rotatable bonds is 7. The summed E-state index contributed by atoms with van der Waals surface area (Å²) in [6.45, 7) is 4.46. The number of nitrogens with one attached hydrogen (secondary N) is 2. The minimum absolute atomic E-state index is 0.149. The van der Waals surface area contributed by atoms with Crippen LogP contribution < -0.4 is 21.3 Å². The molecule has 0 spiro atoms. The summed E-state index contributed by atoms with van der Waals surface area (Å²) >= 11 is 0. The van der Waals surface area contributed by atoms with Gasteiger partial charge in [-0.2, -0.15) is 15.0 Å². The minimum atomic E-state index is 0.149. The molecular formula is C12H21N7O2. The molecule has 1 aromatic heterocycles. The maximum absolute atomic E-state index is 11.9. The Kier molecular flexibility index (Phi) is 5.50. The second-order valence-corrected chi connectivity index (χ2v) is 4.61. The van der Waals surface area contributed by atoms with Gasteiger partial charge in [0.1, 0.15) is 0 Å². The van der Waals surface area contributed by atoms with Crippen molar-refractivity contribution in [2.75, 3.05) is 37.0 Å². The molecule has 0 bridgehead atoms. The zero-order chi connectivity index (χ0) is 15.1. The smallest absolute Gasteiger partial charge is 0.323 e. The Balaban J connectivity index is 1.86. The number of carbonyl (C=O) groups is 1. The van der Waals surface area contributed by atoms with E-state index in [9.17, 15) is 4.79 Å². The van der Waals surface area contributed by atoms with Crippen molar-refractivity contribution in [2.45, 2.75) is 26.2 Å². The topological polar surface area (TPSA) is 118 Å². The first-order valence-electron chi connectivity index (χ1n) is 7.10.